The summed E-state index contributed by atoms with van der Waals surface area (Å²) in [5.41, 5.74) is 6.02. The maximum atomic E-state index is 9.04. The first-order valence-corrected chi connectivity index (χ1v) is 9.16. The van der Waals surface area contributed by atoms with Gasteiger partial charge in [-0.25, -0.2) is 9.50 Å². The Morgan fingerprint density at radius 3 is 2.32 bits per heavy atom. The number of fused-ring (bicyclic) bond motifs is 3. The quantitative estimate of drug-likeness (QED) is 0.367. The maximum absolute atomic E-state index is 9.04. The molecule has 132 valence electrons. The lowest BCUT2D eigenvalue weighted by atomic mass is 10.0. The Morgan fingerprint density at radius 2 is 1.57 bits per heavy atom. The zero-order chi connectivity index (χ0) is 19.1. The van der Waals surface area contributed by atoms with E-state index in [1.165, 1.54) is 0 Å². The van der Waals surface area contributed by atoms with Crippen LogP contribution in [0.3, 0.4) is 0 Å². The van der Waals surface area contributed by atoms with Crippen molar-refractivity contribution in [2.24, 2.45) is 0 Å². The van der Waals surface area contributed by atoms with E-state index in [0.29, 0.717) is 16.4 Å². The van der Waals surface area contributed by atoms with Crippen LogP contribution in [0.1, 0.15) is 5.56 Å². The second-order valence-electron chi connectivity index (χ2n) is 6.47. The molecule has 0 unspecified atom stereocenters. The monoisotopic (exact) mass is 380 g/mol. The molecule has 0 amide bonds. The lowest BCUT2D eigenvalue weighted by molar-refractivity contribution is 0.959. The van der Waals surface area contributed by atoms with Crippen molar-refractivity contribution in [3.05, 3.63) is 89.7 Å². The van der Waals surface area contributed by atoms with Gasteiger partial charge in [-0.05, 0) is 34.9 Å². The number of nitrogens with zero attached hydrogens (tertiary/aromatic N) is 4. The highest BCUT2D eigenvalue weighted by atomic mass is 35.5. The van der Waals surface area contributed by atoms with Crippen LogP contribution in [-0.4, -0.2) is 14.6 Å². The molecular formula is C23H13ClN4. The van der Waals surface area contributed by atoms with Gasteiger partial charge in [0.1, 0.15) is 5.15 Å². The van der Waals surface area contributed by atoms with Crippen LogP contribution < -0.4 is 0 Å². The van der Waals surface area contributed by atoms with Crippen molar-refractivity contribution >= 4 is 28.2 Å². The van der Waals surface area contributed by atoms with Gasteiger partial charge in [0.2, 0.25) is 0 Å². The average Bonchev–Trinajstić information content (AvgIpc) is 3.11. The van der Waals surface area contributed by atoms with Crippen LogP contribution >= 0.6 is 11.6 Å². The number of halogens is 1. The van der Waals surface area contributed by atoms with Gasteiger partial charge in [-0.1, -0.05) is 66.2 Å². The number of benzene rings is 3. The van der Waals surface area contributed by atoms with E-state index in [4.69, 9.17) is 22.0 Å². The molecule has 0 radical (unpaired) electrons. The first-order chi connectivity index (χ1) is 13.7. The van der Waals surface area contributed by atoms with Crippen LogP contribution in [0.4, 0.5) is 0 Å². The van der Waals surface area contributed by atoms with Crippen molar-refractivity contribution < 1.29 is 0 Å². The van der Waals surface area contributed by atoms with Crippen LogP contribution in [0.25, 0.3) is 38.8 Å². The highest BCUT2D eigenvalue weighted by Gasteiger charge is 2.15. The van der Waals surface area contributed by atoms with Gasteiger partial charge in [-0.2, -0.15) is 10.4 Å². The van der Waals surface area contributed by atoms with Gasteiger partial charge in [0.05, 0.1) is 22.5 Å². The van der Waals surface area contributed by atoms with E-state index >= 15 is 0 Å². The van der Waals surface area contributed by atoms with Crippen LogP contribution in [0.5, 0.6) is 0 Å². The van der Waals surface area contributed by atoms with E-state index in [9.17, 15) is 0 Å². The summed E-state index contributed by atoms with van der Waals surface area (Å²) >= 11 is 6.54. The largest absolute Gasteiger partial charge is 0.221 e. The fraction of sp³-hybridized carbons (Fsp3) is 0. The number of nitriles is 1. The molecule has 0 aliphatic heterocycles. The molecule has 3 aromatic carbocycles. The van der Waals surface area contributed by atoms with Gasteiger partial charge < -0.3 is 0 Å². The van der Waals surface area contributed by atoms with E-state index in [-0.39, 0.29) is 0 Å². The molecule has 5 heteroatoms. The molecule has 5 rings (SSSR count). The summed E-state index contributed by atoms with van der Waals surface area (Å²) in [6.07, 6.45) is 1.92. The fourth-order valence-electron chi connectivity index (χ4n) is 3.44. The molecule has 0 atom stereocenters. The average molecular weight is 381 g/mol. The summed E-state index contributed by atoms with van der Waals surface area (Å²) in [5.74, 6) is 0. The third-order valence-electron chi connectivity index (χ3n) is 4.79. The molecule has 4 nitrogen and oxygen atoms in total. The van der Waals surface area contributed by atoms with E-state index in [0.717, 1.165) is 33.2 Å². The van der Waals surface area contributed by atoms with Crippen molar-refractivity contribution in [1.29, 1.82) is 5.26 Å². The topological polar surface area (TPSA) is 54.0 Å². The van der Waals surface area contributed by atoms with Gasteiger partial charge in [-0.3, -0.25) is 0 Å². The highest BCUT2D eigenvalue weighted by Crippen LogP contribution is 2.34. The summed E-state index contributed by atoms with van der Waals surface area (Å²) in [6, 6.07) is 25.5. The van der Waals surface area contributed by atoms with Crippen LogP contribution in [0.2, 0.25) is 5.15 Å². The summed E-state index contributed by atoms with van der Waals surface area (Å²) < 4.78 is 1.78. The second-order valence-corrected chi connectivity index (χ2v) is 6.83. The summed E-state index contributed by atoms with van der Waals surface area (Å²) in [6.45, 7) is 0. The standard InChI is InChI=1S/C23H13ClN4/c24-22-19(16-5-2-1-3-6-16)14-28-23(26-22)21-18(7-4-8-20(21)27-28)17-11-9-15(13-25)10-12-17/h1-12,14H. The molecule has 28 heavy (non-hydrogen) atoms. The minimum Gasteiger partial charge on any atom is -0.221 e. The molecular weight excluding hydrogens is 368 g/mol. The Balaban J connectivity index is 1.77. The number of hydrogen-bond donors (Lipinski definition) is 0. The first kappa shape index (κ1) is 16.5. The lowest BCUT2D eigenvalue weighted by Gasteiger charge is -2.06. The van der Waals surface area contributed by atoms with E-state index in [1.54, 1.807) is 4.52 Å². The number of hydrogen-bond acceptors (Lipinski definition) is 3. The van der Waals surface area contributed by atoms with Gasteiger partial charge in [0.15, 0.2) is 5.65 Å². The minimum absolute atomic E-state index is 0.440. The Bertz CT molecular complexity index is 1360. The van der Waals surface area contributed by atoms with Crippen molar-refractivity contribution in [2.45, 2.75) is 0 Å². The normalized spacial score (nSPS) is 11.0. The van der Waals surface area contributed by atoms with E-state index < -0.39 is 0 Å². The Kier molecular flexibility index (Phi) is 3.82. The fourth-order valence-corrected chi connectivity index (χ4v) is 3.68. The number of aromatic nitrogens is 3. The van der Waals surface area contributed by atoms with E-state index in [2.05, 4.69) is 11.1 Å². The molecule has 0 spiro atoms. The zero-order valence-corrected chi connectivity index (χ0v) is 15.4. The lowest BCUT2D eigenvalue weighted by Crippen LogP contribution is -1.93. The molecule has 2 aromatic heterocycles. The van der Waals surface area contributed by atoms with Crippen LogP contribution in [0, 0.1) is 11.3 Å². The van der Waals surface area contributed by atoms with Gasteiger partial charge in [0.25, 0.3) is 0 Å². The maximum Gasteiger partial charge on any atom is 0.165 e. The zero-order valence-electron chi connectivity index (χ0n) is 14.7. The summed E-state index contributed by atoms with van der Waals surface area (Å²) in [5, 5.41) is 15.1. The Hall–Kier alpha value is -3.68. The second kappa shape index (κ2) is 6.49. The van der Waals surface area contributed by atoms with Crippen molar-refractivity contribution in [1.82, 2.24) is 14.6 Å². The van der Waals surface area contributed by atoms with Crippen molar-refractivity contribution in [3.8, 4) is 28.3 Å². The summed E-state index contributed by atoms with van der Waals surface area (Å²) in [7, 11) is 0. The molecule has 0 N–H and O–H groups in total. The molecule has 0 aliphatic carbocycles. The number of rotatable bonds is 2. The van der Waals surface area contributed by atoms with Crippen molar-refractivity contribution in [3.63, 3.8) is 0 Å². The molecule has 0 saturated heterocycles. The van der Waals surface area contributed by atoms with Gasteiger partial charge in [0, 0.05) is 11.8 Å². The Morgan fingerprint density at radius 1 is 0.821 bits per heavy atom. The van der Waals surface area contributed by atoms with Crippen LogP contribution in [-0.2, 0) is 0 Å². The van der Waals surface area contributed by atoms with Crippen LogP contribution in [0.15, 0.2) is 79.0 Å². The molecule has 0 saturated carbocycles. The SMILES string of the molecule is N#Cc1ccc(-c2cccc3nn4cc(-c5ccccc5)c(Cl)nc4c23)cc1. The van der Waals surface area contributed by atoms with Crippen molar-refractivity contribution in [2.75, 3.05) is 0 Å². The van der Waals surface area contributed by atoms with E-state index in [1.807, 2.05) is 79.0 Å². The summed E-state index contributed by atoms with van der Waals surface area (Å²) in [4.78, 5) is 4.67. The third-order valence-corrected chi connectivity index (χ3v) is 5.07. The minimum atomic E-state index is 0.440. The third kappa shape index (κ3) is 2.61. The van der Waals surface area contributed by atoms with Gasteiger partial charge in [-0.15, -0.1) is 0 Å². The smallest absolute Gasteiger partial charge is 0.165 e. The van der Waals surface area contributed by atoms with Gasteiger partial charge >= 0.3 is 0 Å². The Labute approximate surface area is 166 Å². The molecule has 0 fully saturated rings. The highest BCUT2D eigenvalue weighted by molar-refractivity contribution is 6.32. The molecule has 0 aliphatic rings. The molecule has 5 aromatic rings. The predicted octanol–water partition coefficient (Wildman–Crippen LogP) is 5.74. The molecule has 2 heterocycles. The predicted molar refractivity (Wildman–Crippen MR) is 111 cm³/mol. The molecule has 0 bridgehead atoms. The first-order valence-electron chi connectivity index (χ1n) is 8.78.